The summed E-state index contributed by atoms with van der Waals surface area (Å²) in [6.45, 7) is 7.86. The Hall–Kier alpha value is -0.690. The molecule has 0 aliphatic heterocycles. The van der Waals surface area contributed by atoms with Crippen molar-refractivity contribution >= 4 is 5.91 Å². The van der Waals surface area contributed by atoms with Gasteiger partial charge in [-0.05, 0) is 97.7 Å². The van der Waals surface area contributed by atoms with Gasteiger partial charge < -0.3 is 26.4 Å². The monoisotopic (exact) mass is 450 g/mol. The molecule has 11 atom stereocenters. The standard InChI is InChI=1S/C26H46N2O4/c1-15(4-7-23(32)28-11-10-27)18-5-6-19-24-20(14-22(31)26(18,19)3)25(2)9-8-17(29)12-16(25)13-21(24)30/h15-22,24,29-31H,4-14,27H2,1-3H3,(H,28,32). The van der Waals surface area contributed by atoms with Crippen LogP contribution in [0.3, 0.4) is 0 Å². The molecule has 6 heteroatoms. The van der Waals surface area contributed by atoms with Gasteiger partial charge in [-0.25, -0.2) is 0 Å². The third-order valence-electron chi connectivity index (χ3n) is 10.8. The highest BCUT2D eigenvalue weighted by molar-refractivity contribution is 5.75. The van der Waals surface area contributed by atoms with Gasteiger partial charge in [-0.2, -0.15) is 0 Å². The number of hydrogen-bond donors (Lipinski definition) is 5. The lowest BCUT2D eigenvalue weighted by Crippen LogP contribution is -2.62. The molecule has 32 heavy (non-hydrogen) atoms. The number of carbonyl (C=O) groups is 1. The van der Waals surface area contributed by atoms with Crippen LogP contribution in [0.15, 0.2) is 0 Å². The van der Waals surface area contributed by atoms with Crippen LogP contribution in [0.5, 0.6) is 0 Å². The molecule has 6 N–H and O–H groups in total. The minimum Gasteiger partial charge on any atom is -0.393 e. The summed E-state index contributed by atoms with van der Waals surface area (Å²) in [6, 6.07) is 0. The van der Waals surface area contributed by atoms with E-state index in [0.29, 0.717) is 49.1 Å². The van der Waals surface area contributed by atoms with Crippen LogP contribution < -0.4 is 11.1 Å². The van der Waals surface area contributed by atoms with Crippen molar-refractivity contribution in [3.8, 4) is 0 Å². The predicted octanol–water partition coefficient (Wildman–Crippen LogP) is 2.44. The van der Waals surface area contributed by atoms with Crippen molar-refractivity contribution in [2.45, 2.75) is 96.9 Å². The van der Waals surface area contributed by atoms with Gasteiger partial charge in [-0.1, -0.05) is 20.8 Å². The Bertz CT molecular complexity index is 689. The highest BCUT2D eigenvalue weighted by atomic mass is 16.3. The minimum atomic E-state index is -0.371. The Morgan fingerprint density at radius 2 is 1.84 bits per heavy atom. The number of hydrogen-bond acceptors (Lipinski definition) is 5. The van der Waals surface area contributed by atoms with E-state index in [9.17, 15) is 20.1 Å². The summed E-state index contributed by atoms with van der Waals surface area (Å²) in [4.78, 5) is 12.1. The van der Waals surface area contributed by atoms with E-state index in [1.54, 1.807) is 0 Å². The molecule has 184 valence electrons. The Morgan fingerprint density at radius 1 is 1.09 bits per heavy atom. The number of fused-ring (bicyclic) bond motifs is 5. The number of rotatable bonds is 6. The molecule has 4 fully saturated rings. The van der Waals surface area contributed by atoms with E-state index in [4.69, 9.17) is 5.73 Å². The van der Waals surface area contributed by atoms with Crippen LogP contribution in [-0.4, -0.2) is 52.6 Å². The molecular formula is C26H46N2O4. The molecular weight excluding hydrogens is 404 g/mol. The number of aliphatic hydroxyl groups is 3. The third kappa shape index (κ3) is 3.93. The van der Waals surface area contributed by atoms with E-state index in [2.05, 4.69) is 26.1 Å². The van der Waals surface area contributed by atoms with Gasteiger partial charge in [0.25, 0.3) is 0 Å². The van der Waals surface area contributed by atoms with Gasteiger partial charge in [0.05, 0.1) is 18.3 Å². The van der Waals surface area contributed by atoms with E-state index < -0.39 is 0 Å². The molecule has 0 radical (unpaired) electrons. The number of amides is 1. The van der Waals surface area contributed by atoms with Gasteiger partial charge in [0, 0.05) is 19.5 Å². The fraction of sp³-hybridized carbons (Fsp3) is 0.962. The molecule has 6 nitrogen and oxygen atoms in total. The Labute approximate surface area is 193 Å². The zero-order chi connectivity index (χ0) is 23.3. The van der Waals surface area contributed by atoms with Gasteiger partial charge in [0.15, 0.2) is 0 Å². The second kappa shape index (κ2) is 9.16. The molecule has 11 unspecified atom stereocenters. The fourth-order valence-electron chi connectivity index (χ4n) is 8.99. The highest BCUT2D eigenvalue weighted by Gasteiger charge is 2.65. The number of aliphatic hydroxyl groups excluding tert-OH is 3. The van der Waals surface area contributed by atoms with Gasteiger partial charge in [-0.15, -0.1) is 0 Å². The van der Waals surface area contributed by atoms with Crippen LogP contribution in [0.2, 0.25) is 0 Å². The van der Waals surface area contributed by atoms with Crippen LogP contribution >= 0.6 is 0 Å². The van der Waals surface area contributed by atoms with Gasteiger partial charge in [-0.3, -0.25) is 4.79 Å². The largest absolute Gasteiger partial charge is 0.393 e. The minimum absolute atomic E-state index is 0.0624. The van der Waals surface area contributed by atoms with Crippen LogP contribution in [0.4, 0.5) is 0 Å². The summed E-state index contributed by atoms with van der Waals surface area (Å²) in [5.74, 6) is 2.03. The van der Waals surface area contributed by atoms with Crippen molar-refractivity contribution in [1.29, 1.82) is 0 Å². The maximum absolute atomic E-state index is 12.1. The lowest BCUT2D eigenvalue weighted by atomic mass is 9.43. The first-order chi connectivity index (χ1) is 15.1. The normalized spacial score (nSPS) is 49.0. The molecule has 1 amide bonds. The molecule has 0 bridgehead atoms. The van der Waals surface area contributed by atoms with E-state index in [-0.39, 0.29) is 41.0 Å². The molecule has 0 aromatic heterocycles. The van der Waals surface area contributed by atoms with Crippen LogP contribution in [0.1, 0.15) is 78.6 Å². The summed E-state index contributed by atoms with van der Waals surface area (Å²) in [7, 11) is 0. The summed E-state index contributed by atoms with van der Waals surface area (Å²) >= 11 is 0. The summed E-state index contributed by atoms with van der Waals surface area (Å²) < 4.78 is 0. The SMILES string of the molecule is CC(CCC(=O)NCCN)C1CCC2C3C(O)CC4CC(O)CCC4(C)C3CC(O)C12C. The predicted molar refractivity (Wildman–Crippen MR) is 124 cm³/mol. The molecule has 4 rings (SSSR count). The quantitative estimate of drug-likeness (QED) is 0.426. The van der Waals surface area contributed by atoms with E-state index in [1.165, 1.54) is 0 Å². The number of nitrogens with one attached hydrogen (secondary N) is 1. The highest BCUT2D eigenvalue weighted by Crippen LogP contribution is 2.68. The van der Waals surface area contributed by atoms with E-state index in [0.717, 1.165) is 51.4 Å². The topological polar surface area (TPSA) is 116 Å². The van der Waals surface area contributed by atoms with Crippen molar-refractivity contribution < 1.29 is 20.1 Å². The first-order valence-corrected chi connectivity index (χ1v) is 13.1. The van der Waals surface area contributed by atoms with Crippen molar-refractivity contribution in [3.05, 3.63) is 0 Å². The number of carbonyl (C=O) groups excluding carboxylic acids is 1. The van der Waals surface area contributed by atoms with Gasteiger partial charge >= 0.3 is 0 Å². The molecule has 0 aromatic rings. The van der Waals surface area contributed by atoms with Crippen molar-refractivity contribution in [2.24, 2.45) is 52.1 Å². The Morgan fingerprint density at radius 3 is 2.56 bits per heavy atom. The summed E-state index contributed by atoms with van der Waals surface area (Å²) in [5.41, 5.74) is 5.39. The lowest BCUT2D eigenvalue weighted by Gasteiger charge is -2.63. The lowest BCUT2D eigenvalue weighted by molar-refractivity contribution is -0.207. The van der Waals surface area contributed by atoms with Crippen molar-refractivity contribution in [2.75, 3.05) is 13.1 Å². The van der Waals surface area contributed by atoms with Crippen molar-refractivity contribution in [3.63, 3.8) is 0 Å². The average molecular weight is 451 g/mol. The second-order valence-electron chi connectivity index (χ2n) is 12.2. The second-order valence-corrected chi connectivity index (χ2v) is 12.2. The molecule has 4 saturated carbocycles. The molecule has 0 aromatic carbocycles. The molecule has 4 aliphatic rings. The van der Waals surface area contributed by atoms with Gasteiger partial charge in [0.2, 0.25) is 5.91 Å². The zero-order valence-electron chi connectivity index (χ0n) is 20.3. The third-order valence-corrected chi connectivity index (χ3v) is 10.8. The van der Waals surface area contributed by atoms with Crippen molar-refractivity contribution in [1.82, 2.24) is 5.32 Å². The molecule has 0 spiro atoms. The molecule has 0 heterocycles. The van der Waals surface area contributed by atoms with E-state index in [1.807, 2.05) is 0 Å². The Balaban J connectivity index is 1.51. The first-order valence-electron chi connectivity index (χ1n) is 13.1. The van der Waals surface area contributed by atoms with Crippen LogP contribution in [-0.2, 0) is 4.79 Å². The van der Waals surface area contributed by atoms with Crippen LogP contribution in [0, 0.1) is 46.3 Å². The van der Waals surface area contributed by atoms with E-state index >= 15 is 0 Å². The summed E-state index contributed by atoms with van der Waals surface area (Å²) in [5, 5.41) is 36.1. The smallest absolute Gasteiger partial charge is 0.220 e. The maximum Gasteiger partial charge on any atom is 0.220 e. The zero-order valence-corrected chi connectivity index (χ0v) is 20.3. The van der Waals surface area contributed by atoms with Gasteiger partial charge in [0.1, 0.15) is 0 Å². The average Bonchev–Trinajstić information content (AvgIpc) is 3.11. The maximum atomic E-state index is 12.1. The summed E-state index contributed by atoms with van der Waals surface area (Å²) in [6.07, 6.45) is 6.70. The molecule has 4 aliphatic carbocycles. The molecule has 0 saturated heterocycles. The fourth-order valence-corrected chi connectivity index (χ4v) is 8.99. The Kier molecular flexibility index (Phi) is 7.00. The first kappa shape index (κ1) is 24.4. The van der Waals surface area contributed by atoms with Crippen LogP contribution in [0.25, 0.3) is 0 Å². The number of nitrogens with two attached hydrogens (primary N) is 1.